The van der Waals surface area contributed by atoms with Crippen molar-refractivity contribution in [1.82, 2.24) is 15.0 Å². The van der Waals surface area contributed by atoms with E-state index in [1.54, 1.807) is 48.7 Å². The second-order valence-electron chi connectivity index (χ2n) is 10.9. The molecule has 0 spiro atoms. The molecular weight excluding hydrogens is 647 g/mol. The number of benzene rings is 3. The Morgan fingerprint density at radius 2 is 1.74 bits per heavy atom. The van der Waals surface area contributed by atoms with E-state index in [9.17, 15) is 22.9 Å². The van der Waals surface area contributed by atoms with Crippen LogP contribution in [-0.4, -0.2) is 56.5 Å². The predicted molar refractivity (Wildman–Crippen MR) is 179 cm³/mol. The zero-order valence-electron chi connectivity index (χ0n) is 25.4. The van der Waals surface area contributed by atoms with E-state index < -0.39 is 33.5 Å². The molecule has 0 radical (unpaired) electrons. The predicted octanol–water partition coefficient (Wildman–Crippen LogP) is 7.08. The average Bonchev–Trinajstić information content (AvgIpc) is 3.52. The highest BCUT2D eigenvalue weighted by molar-refractivity contribution is 7.86. The first kappa shape index (κ1) is 32.2. The largest absolute Gasteiger partial charge is 0.478 e. The third-order valence-electron chi connectivity index (χ3n) is 7.31. The summed E-state index contributed by atoms with van der Waals surface area (Å²) in [5.74, 6) is -2.48. The molecule has 1 aliphatic heterocycles. The molecule has 2 aromatic heterocycles. The fourth-order valence-electron chi connectivity index (χ4n) is 5.04. The summed E-state index contributed by atoms with van der Waals surface area (Å²) in [6.45, 7) is 6.34. The van der Waals surface area contributed by atoms with Gasteiger partial charge in [-0.2, -0.15) is 0 Å². The molecule has 242 valence electrons. The molecular formula is C33H30F2N6O4S2. The molecule has 1 aliphatic rings. The van der Waals surface area contributed by atoms with Gasteiger partial charge in [0, 0.05) is 42.1 Å². The molecule has 10 nitrogen and oxygen atoms in total. The summed E-state index contributed by atoms with van der Waals surface area (Å²) in [4.78, 5) is 28.3. The van der Waals surface area contributed by atoms with E-state index in [-0.39, 0.29) is 17.4 Å². The number of aromatic carboxylic acids is 1. The number of rotatable bonds is 10. The zero-order chi connectivity index (χ0) is 33.1. The van der Waals surface area contributed by atoms with E-state index in [1.807, 2.05) is 24.8 Å². The Bertz CT molecular complexity index is 1950. The monoisotopic (exact) mass is 676 g/mol. The lowest BCUT2D eigenvalue weighted by molar-refractivity contribution is 0.0696. The molecule has 0 aliphatic carbocycles. The number of morpholine rings is 1. The van der Waals surface area contributed by atoms with Crippen LogP contribution < -0.4 is 14.9 Å². The molecule has 0 bridgehead atoms. The Kier molecular flexibility index (Phi) is 9.52. The van der Waals surface area contributed by atoms with Crippen molar-refractivity contribution >= 4 is 51.3 Å². The number of carboxylic acids is 1. The van der Waals surface area contributed by atoms with Gasteiger partial charge in [-0.05, 0) is 48.5 Å². The fraction of sp³-hybridized carbons (Fsp3) is 0.212. The molecule has 3 N–H and O–H groups in total. The summed E-state index contributed by atoms with van der Waals surface area (Å²) in [5.41, 5.74) is 3.56. The van der Waals surface area contributed by atoms with E-state index in [0.717, 1.165) is 22.0 Å². The van der Waals surface area contributed by atoms with Crippen LogP contribution >= 0.6 is 11.3 Å². The summed E-state index contributed by atoms with van der Waals surface area (Å²) in [7, 11) is -2.19. The number of halogens is 2. The van der Waals surface area contributed by atoms with Gasteiger partial charge in [-0.3, -0.25) is 0 Å². The summed E-state index contributed by atoms with van der Waals surface area (Å²) < 4.78 is 49.5. The van der Waals surface area contributed by atoms with Gasteiger partial charge in [-0.25, -0.2) is 32.7 Å². The van der Waals surface area contributed by atoms with Gasteiger partial charge in [-0.1, -0.05) is 32.0 Å². The molecule has 1 unspecified atom stereocenters. The molecule has 5 aromatic rings. The summed E-state index contributed by atoms with van der Waals surface area (Å²) in [5, 5.41) is 13.9. The van der Waals surface area contributed by atoms with Gasteiger partial charge >= 0.3 is 5.97 Å². The minimum absolute atomic E-state index is 0.115. The van der Waals surface area contributed by atoms with Crippen LogP contribution in [0.25, 0.3) is 21.8 Å². The van der Waals surface area contributed by atoms with E-state index in [2.05, 4.69) is 15.0 Å². The van der Waals surface area contributed by atoms with Crippen LogP contribution in [0.15, 0.2) is 77.8 Å². The number of carboxylic acid groups (broad SMARTS) is 1. The number of hydrogen-bond acceptors (Lipinski definition) is 9. The lowest BCUT2D eigenvalue weighted by atomic mass is 10.1. The zero-order valence-corrected chi connectivity index (χ0v) is 27.0. The van der Waals surface area contributed by atoms with Crippen molar-refractivity contribution in [3.8, 4) is 21.8 Å². The average molecular weight is 677 g/mol. The third-order valence-corrected chi connectivity index (χ3v) is 9.87. The highest BCUT2D eigenvalue weighted by atomic mass is 32.2. The van der Waals surface area contributed by atoms with Crippen LogP contribution in [0.1, 0.15) is 35.1 Å². The van der Waals surface area contributed by atoms with E-state index in [4.69, 9.17) is 14.7 Å². The van der Waals surface area contributed by atoms with Crippen molar-refractivity contribution in [2.45, 2.75) is 24.7 Å². The van der Waals surface area contributed by atoms with Crippen molar-refractivity contribution in [3.63, 3.8) is 0 Å². The molecule has 1 saturated heterocycles. The molecule has 3 aromatic carbocycles. The van der Waals surface area contributed by atoms with E-state index in [0.29, 0.717) is 60.3 Å². The lowest BCUT2D eigenvalue weighted by Gasteiger charge is -2.30. The smallest absolute Gasteiger partial charge is 0.337 e. The van der Waals surface area contributed by atoms with Gasteiger partial charge in [-0.15, -0.1) is 11.3 Å². The Morgan fingerprint density at radius 3 is 2.47 bits per heavy atom. The van der Waals surface area contributed by atoms with Gasteiger partial charge in [0.1, 0.15) is 16.5 Å². The SMILES string of the molecule is CC(C)c1nc(-c2cccc(NS(=O)c3c(F)cccc3F)c2)c(-c2ccnc(Nc3ccc(N4CCOCC4)c(C(=O)O)c3)n2)s1. The highest BCUT2D eigenvalue weighted by Gasteiger charge is 2.22. The Labute approximate surface area is 276 Å². The van der Waals surface area contributed by atoms with Crippen LogP contribution in [0.2, 0.25) is 0 Å². The lowest BCUT2D eigenvalue weighted by Crippen LogP contribution is -2.37. The standard InChI is InChI=1S/C33H30F2N6O4S2/c1-19(2)31-39-28(20-5-3-6-22(17-20)40-47(44)30-24(34)7-4-8-25(30)35)29(46-31)26-11-12-36-33(38-26)37-21-9-10-27(23(18-21)32(42)43)41-13-15-45-16-14-41/h3-12,17-19,40H,13-16H2,1-2H3,(H,42,43)(H,36,37,38). The van der Waals surface area contributed by atoms with E-state index in [1.165, 1.54) is 17.4 Å². The van der Waals surface area contributed by atoms with E-state index >= 15 is 0 Å². The second kappa shape index (κ2) is 13.9. The fourth-order valence-corrected chi connectivity index (χ4v) is 7.03. The molecule has 3 heterocycles. The highest BCUT2D eigenvalue weighted by Crippen LogP contribution is 2.39. The van der Waals surface area contributed by atoms with Crippen LogP contribution in [0.3, 0.4) is 0 Å². The number of ether oxygens (including phenoxy) is 1. The van der Waals surface area contributed by atoms with Crippen molar-refractivity contribution < 1.29 is 27.6 Å². The quantitative estimate of drug-likeness (QED) is 0.142. The second-order valence-corrected chi connectivity index (χ2v) is 13.1. The third kappa shape index (κ3) is 7.14. The molecule has 47 heavy (non-hydrogen) atoms. The van der Waals surface area contributed by atoms with Gasteiger partial charge in [0.05, 0.1) is 45.7 Å². The number of nitrogens with one attached hydrogen (secondary N) is 2. The minimum atomic E-state index is -2.19. The Balaban J connectivity index is 1.30. The van der Waals surface area contributed by atoms with Gasteiger partial charge in [0.25, 0.3) is 0 Å². The first-order chi connectivity index (χ1) is 22.7. The maximum absolute atomic E-state index is 14.3. The van der Waals surface area contributed by atoms with Gasteiger partial charge < -0.3 is 24.8 Å². The maximum atomic E-state index is 14.3. The number of nitrogens with zero attached hydrogens (tertiary/aromatic N) is 4. The van der Waals surface area contributed by atoms with Crippen molar-refractivity contribution in [1.29, 1.82) is 0 Å². The van der Waals surface area contributed by atoms with Crippen LogP contribution in [-0.2, 0) is 15.7 Å². The molecule has 0 saturated carbocycles. The maximum Gasteiger partial charge on any atom is 0.337 e. The topological polar surface area (TPSA) is 130 Å². The van der Waals surface area contributed by atoms with Crippen molar-refractivity contribution in [3.05, 3.63) is 95.1 Å². The minimum Gasteiger partial charge on any atom is -0.478 e. The molecule has 1 fully saturated rings. The molecule has 6 rings (SSSR count). The normalized spacial score (nSPS) is 13.9. The van der Waals surface area contributed by atoms with Crippen LogP contribution in [0, 0.1) is 11.6 Å². The molecule has 1 atom stereocenters. The van der Waals surface area contributed by atoms with Crippen molar-refractivity contribution in [2.75, 3.05) is 41.2 Å². The molecule has 14 heteroatoms. The van der Waals surface area contributed by atoms with Crippen LogP contribution in [0.5, 0.6) is 0 Å². The Hall–Kier alpha value is -4.79. The first-order valence-corrected chi connectivity index (χ1v) is 16.7. The van der Waals surface area contributed by atoms with Crippen molar-refractivity contribution in [2.24, 2.45) is 0 Å². The molecule has 0 amide bonds. The first-order valence-electron chi connectivity index (χ1n) is 14.7. The van der Waals surface area contributed by atoms with Gasteiger partial charge in [0.2, 0.25) is 5.95 Å². The summed E-state index contributed by atoms with van der Waals surface area (Å²) in [6, 6.07) is 17.1. The number of hydrogen-bond donors (Lipinski definition) is 3. The van der Waals surface area contributed by atoms with Gasteiger partial charge in [0.15, 0.2) is 11.0 Å². The number of aromatic nitrogens is 3. The summed E-state index contributed by atoms with van der Waals surface area (Å²) >= 11 is 1.47. The Morgan fingerprint density at radius 1 is 1.00 bits per heavy atom. The van der Waals surface area contributed by atoms with Crippen LogP contribution in [0.4, 0.5) is 31.8 Å². The summed E-state index contributed by atoms with van der Waals surface area (Å²) in [6.07, 6.45) is 1.60. The number of thiazole rings is 1. The number of carbonyl (C=O) groups is 1. The number of anilines is 4.